The largest absolute Gasteiger partial charge is 0.473 e. The van der Waals surface area contributed by atoms with Crippen LogP contribution in [0.3, 0.4) is 0 Å². The highest BCUT2D eigenvalue weighted by Gasteiger charge is 2.15. The lowest BCUT2D eigenvalue weighted by Gasteiger charge is -2.09. The molecule has 0 saturated heterocycles. The van der Waals surface area contributed by atoms with Crippen molar-refractivity contribution >= 4 is 11.7 Å². The average Bonchev–Trinajstić information content (AvgIpc) is 2.49. The first-order chi connectivity index (χ1) is 9.68. The van der Waals surface area contributed by atoms with Crippen LogP contribution in [0.2, 0.25) is 0 Å². The maximum absolute atomic E-state index is 11.8. The van der Waals surface area contributed by atoms with E-state index in [0.717, 1.165) is 5.56 Å². The second kappa shape index (κ2) is 6.52. The predicted octanol–water partition coefficient (Wildman–Crippen LogP) is 2.33. The summed E-state index contributed by atoms with van der Waals surface area (Å²) in [6.45, 7) is 1.87. The Bertz CT molecular complexity index is 608. The van der Waals surface area contributed by atoms with Gasteiger partial charge in [-0.25, -0.2) is 0 Å². The van der Waals surface area contributed by atoms with Crippen molar-refractivity contribution in [1.29, 1.82) is 0 Å². The van der Waals surface area contributed by atoms with Crippen LogP contribution in [0.15, 0.2) is 54.6 Å². The Morgan fingerprint density at radius 3 is 2.35 bits per heavy atom. The predicted molar refractivity (Wildman–Crippen MR) is 75.6 cm³/mol. The molecule has 1 N–H and O–H groups in total. The smallest absolute Gasteiger partial charge is 0.294 e. The Balaban J connectivity index is 1.87. The van der Waals surface area contributed by atoms with E-state index in [-0.39, 0.29) is 6.73 Å². The molecule has 20 heavy (non-hydrogen) atoms. The van der Waals surface area contributed by atoms with Gasteiger partial charge in [0.1, 0.15) is 5.75 Å². The van der Waals surface area contributed by atoms with Gasteiger partial charge in [0.2, 0.25) is 5.78 Å². The summed E-state index contributed by atoms with van der Waals surface area (Å²) in [4.78, 5) is 23.5. The number of carbonyl (C=O) groups is 2. The van der Waals surface area contributed by atoms with Gasteiger partial charge in [0, 0.05) is 5.56 Å². The van der Waals surface area contributed by atoms with Gasteiger partial charge in [-0.15, -0.1) is 0 Å². The van der Waals surface area contributed by atoms with Crippen molar-refractivity contribution in [3.63, 3.8) is 0 Å². The maximum Gasteiger partial charge on any atom is 0.294 e. The maximum atomic E-state index is 11.8. The van der Waals surface area contributed by atoms with E-state index in [0.29, 0.717) is 11.3 Å². The topological polar surface area (TPSA) is 55.4 Å². The minimum atomic E-state index is -0.676. The SMILES string of the molecule is Cc1ccccc1OCNC(=O)C(=O)c1ccccc1. The zero-order valence-corrected chi connectivity index (χ0v) is 11.1. The molecule has 0 unspecified atom stereocenters. The molecule has 1 amide bonds. The average molecular weight is 269 g/mol. The molecule has 0 radical (unpaired) electrons. The van der Waals surface area contributed by atoms with E-state index >= 15 is 0 Å². The summed E-state index contributed by atoms with van der Waals surface area (Å²) < 4.78 is 5.41. The van der Waals surface area contributed by atoms with Gasteiger partial charge in [0.15, 0.2) is 6.73 Å². The quantitative estimate of drug-likeness (QED) is 0.515. The molecule has 0 aliphatic rings. The number of carbonyl (C=O) groups excluding carboxylic acids is 2. The van der Waals surface area contributed by atoms with E-state index in [4.69, 9.17) is 4.74 Å². The van der Waals surface area contributed by atoms with E-state index < -0.39 is 11.7 Å². The van der Waals surface area contributed by atoms with Gasteiger partial charge in [-0.05, 0) is 18.6 Å². The molecule has 102 valence electrons. The number of rotatable bonds is 5. The number of Topliss-reactive ketones (excluding diaryl/α,β-unsaturated/α-hetero) is 1. The molecule has 2 rings (SSSR count). The number of hydrogen-bond acceptors (Lipinski definition) is 3. The molecule has 0 aliphatic heterocycles. The molecular formula is C16H15NO3. The van der Waals surface area contributed by atoms with E-state index in [1.807, 2.05) is 25.1 Å². The van der Waals surface area contributed by atoms with Crippen molar-refractivity contribution in [3.8, 4) is 5.75 Å². The fourth-order valence-corrected chi connectivity index (χ4v) is 1.70. The third kappa shape index (κ3) is 3.45. The first kappa shape index (κ1) is 13.8. The Hall–Kier alpha value is -2.62. The molecule has 2 aromatic rings. The summed E-state index contributed by atoms with van der Waals surface area (Å²) in [5, 5.41) is 2.45. The number of aryl methyl sites for hydroxylation is 1. The van der Waals surface area contributed by atoms with Crippen molar-refractivity contribution in [1.82, 2.24) is 5.32 Å². The van der Waals surface area contributed by atoms with Crippen molar-refractivity contribution in [2.45, 2.75) is 6.92 Å². The minimum absolute atomic E-state index is 0.0394. The lowest BCUT2D eigenvalue weighted by atomic mass is 10.1. The van der Waals surface area contributed by atoms with Crippen molar-refractivity contribution in [3.05, 3.63) is 65.7 Å². The van der Waals surface area contributed by atoms with Crippen molar-refractivity contribution < 1.29 is 14.3 Å². The summed E-state index contributed by atoms with van der Waals surface area (Å²) in [5.41, 5.74) is 1.33. The fraction of sp³-hybridized carbons (Fsp3) is 0.125. The molecule has 2 aromatic carbocycles. The zero-order valence-electron chi connectivity index (χ0n) is 11.1. The summed E-state index contributed by atoms with van der Waals surface area (Å²) >= 11 is 0. The van der Waals surface area contributed by atoms with Gasteiger partial charge in [-0.2, -0.15) is 0 Å². The van der Waals surface area contributed by atoms with Crippen LogP contribution in [0, 0.1) is 6.92 Å². The molecule has 0 aromatic heterocycles. The standard InChI is InChI=1S/C16H15NO3/c1-12-7-5-6-10-14(12)20-11-17-16(19)15(18)13-8-3-2-4-9-13/h2-10H,11H2,1H3,(H,17,19). The van der Waals surface area contributed by atoms with Gasteiger partial charge in [-0.1, -0.05) is 48.5 Å². The van der Waals surface area contributed by atoms with Crippen LogP contribution in [-0.2, 0) is 4.79 Å². The third-order valence-corrected chi connectivity index (χ3v) is 2.80. The number of para-hydroxylation sites is 1. The Labute approximate surface area is 117 Å². The first-order valence-electron chi connectivity index (χ1n) is 6.24. The van der Waals surface area contributed by atoms with Crippen LogP contribution in [-0.4, -0.2) is 18.4 Å². The second-order valence-electron chi connectivity index (χ2n) is 4.26. The van der Waals surface area contributed by atoms with Gasteiger partial charge >= 0.3 is 0 Å². The van der Waals surface area contributed by atoms with Gasteiger partial charge in [-0.3, -0.25) is 9.59 Å². The molecule has 4 nitrogen and oxygen atoms in total. The highest BCUT2D eigenvalue weighted by molar-refractivity contribution is 6.42. The molecule has 4 heteroatoms. The molecule has 0 spiro atoms. The number of nitrogens with one attached hydrogen (secondary N) is 1. The number of benzene rings is 2. The van der Waals surface area contributed by atoms with E-state index in [2.05, 4.69) is 5.32 Å². The summed E-state index contributed by atoms with van der Waals surface area (Å²) in [7, 11) is 0. The number of ketones is 1. The summed E-state index contributed by atoms with van der Waals surface area (Å²) in [6, 6.07) is 15.9. The van der Waals surface area contributed by atoms with Crippen molar-refractivity contribution in [2.75, 3.05) is 6.73 Å². The highest BCUT2D eigenvalue weighted by atomic mass is 16.5. The number of hydrogen-bond donors (Lipinski definition) is 1. The first-order valence-corrected chi connectivity index (χ1v) is 6.24. The van der Waals surface area contributed by atoms with E-state index in [9.17, 15) is 9.59 Å². The molecule has 0 atom stereocenters. The normalized spacial score (nSPS) is 9.85. The van der Waals surface area contributed by atoms with Crippen LogP contribution in [0.4, 0.5) is 0 Å². The van der Waals surface area contributed by atoms with Gasteiger partial charge in [0.05, 0.1) is 0 Å². The Kier molecular flexibility index (Phi) is 4.50. The van der Waals surface area contributed by atoms with Crippen molar-refractivity contribution in [2.24, 2.45) is 0 Å². The van der Waals surface area contributed by atoms with Crippen LogP contribution in [0.5, 0.6) is 5.75 Å². The monoisotopic (exact) mass is 269 g/mol. The molecular weight excluding hydrogens is 254 g/mol. The number of amides is 1. The highest BCUT2D eigenvalue weighted by Crippen LogP contribution is 2.15. The van der Waals surface area contributed by atoms with E-state index in [1.54, 1.807) is 36.4 Å². The lowest BCUT2D eigenvalue weighted by Crippen LogP contribution is -2.34. The molecule has 0 bridgehead atoms. The zero-order chi connectivity index (χ0) is 14.4. The molecule has 0 saturated carbocycles. The van der Waals surface area contributed by atoms with Crippen LogP contribution in [0.25, 0.3) is 0 Å². The molecule has 0 heterocycles. The Morgan fingerprint density at radius 2 is 1.65 bits per heavy atom. The minimum Gasteiger partial charge on any atom is -0.473 e. The van der Waals surface area contributed by atoms with Gasteiger partial charge < -0.3 is 10.1 Å². The van der Waals surface area contributed by atoms with Gasteiger partial charge in [0.25, 0.3) is 5.91 Å². The van der Waals surface area contributed by atoms with Crippen LogP contribution < -0.4 is 10.1 Å². The molecule has 0 aliphatic carbocycles. The lowest BCUT2D eigenvalue weighted by molar-refractivity contribution is -0.117. The molecule has 0 fully saturated rings. The summed E-state index contributed by atoms with van der Waals surface area (Å²) in [6.07, 6.45) is 0. The van der Waals surface area contributed by atoms with E-state index in [1.165, 1.54) is 0 Å². The third-order valence-electron chi connectivity index (χ3n) is 2.80. The number of ether oxygens (including phenoxy) is 1. The van der Waals surface area contributed by atoms with Crippen LogP contribution in [0.1, 0.15) is 15.9 Å². The Morgan fingerprint density at radius 1 is 1.00 bits per heavy atom. The summed E-state index contributed by atoms with van der Waals surface area (Å²) in [5.74, 6) is -0.566. The fourth-order valence-electron chi connectivity index (χ4n) is 1.70. The van der Waals surface area contributed by atoms with Crippen LogP contribution >= 0.6 is 0 Å². The second-order valence-corrected chi connectivity index (χ2v) is 4.26.